The Kier molecular flexibility index (Phi) is 2.47. The summed E-state index contributed by atoms with van der Waals surface area (Å²) in [6.07, 6.45) is 3.03. The zero-order valence-corrected chi connectivity index (χ0v) is 9.92. The smallest absolute Gasteiger partial charge is 0.175 e. The average Bonchev–Trinajstić information content (AvgIpc) is 2.97. The first kappa shape index (κ1) is 11.4. The van der Waals surface area contributed by atoms with Gasteiger partial charge in [0.15, 0.2) is 9.84 Å². The standard InChI is InChI=1S/C11H15NO3S/c1-16(14,15)8-2-3-9(10(13)6-8)11(7-12)4-5-11/h2-3,6,13H,4-5,7,12H2,1H3. The molecule has 0 spiro atoms. The van der Waals surface area contributed by atoms with Crippen molar-refractivity contribution in [2.75, 3.05) is 12.8 Å². The average molecular weight is 241 g/mol. The van der Waals surface area contributed by atoms with E-state index in [4.69, 9.17) is 5.73 Å². The molecule has 5 heteroatoms. The molecule has 0 unspecified atom stereocenters. The maximum atomic E-state index is 11.3. The van der Waals surface area contributed by atoms with Crippen LogP contribution < -0.4 is 5.73 Å². The Morgan fingerprint density at radius 1 is 1.44 bits per heavy atom. The molecule has 1 fully saturated rings. The number of phenolic OH excluding ortho intramolecular Hbond substituents is 1. The maximum absolute atomic E-state index is 11.3. The monoisotopic (exact) mass is 241 g/mol. The fourth-order valence-electron chi connectivity index (χ4n) is 1.92. The van der Waals surface area contributed by atoms with Gasteiger partial charge < -0.3 is 10.8 Å². The molecule has 3 N–H and O–H groups in total. The minimum Gasteiger partial charge on any atom is -0.508 e. The Morgan fingerprint density at radius 2 is 2.06 bits per heavy atom. The van der Waals surface area contributed by atoms with E-state index in [2.05, 4.69) is 0 Å². The van der Waals surface area contributed by atoms with Gasteiger partial charge in [0.05, 0.1) is 4.90 Å². The number of hydrogen-bond acceptors (Lipinski definition) is 4. The second-order valence-corrected chi connectivity index (χ2v) is 6.45. The molecule has 0 aromatic heterocycles. The fourth-order valence-corrected chi connectivity index (χ4v) is 2.57. The van der Waals surface area contributed by atoms with Gasteiger partial charge in [-0.2, -0.15) is 0 Å². The van der Waals surface area contributed by atoms with E-state index in [-0.39, 0.29) is 16.1 Å². The van der Waals surface area contributed by atoms with Gasteiger partial charge >= 0.3 is 0 Å². The largest absolute Gasteiger partial charge is 0.508 e. The molecule has 1 aliphatic rings. The van der Waals surface area contributed by atoms with Crippen LogP contribution in [0.2, 0.25) is 0 Å². The van der Waals surface area contributed by atoms with E-state index in [1.807, 2.05) is 0 Å². The number of hydrogen-bond donors (Lipinski definition) is 2. The van der Waals surface area contributed by atoms with Crippen LogP contribution in [0, 0.1) is 0 Å². The van der Waals surface area contributed by atoms with Gasteiger partial charge in [-0.05, 0) is 25.0 Å². The van der Waals surface area contributed by atoms with E-state index in [1.165, 1.54) is 12.1 Å². The van der Waals surface area contributed by atoms with Gasteiger partial charge in [-0.15, -0.1) is 0 Å². The lowest BCUT2D eigenvalue weighted by Gasteiger charge is -2.15. The molecule has 0 aliphatic heterocycles. The van der Waals surface area contributed by atoms with Crippen molar-refractivity contribution in [2.45, 2.75) is 23.2 Å². The molecular formula is C11H15NO3S. The first-order chi connectivity index (χ1) is 7.39. The van der Waals surface area contributed by atoms with E-state index in [9.17, 15) is 13.5 Å². The fraction of sp³-hybridized carbons (Fsp3) is 0.455. The molecular weight excluding hydrogens is 226 g/mol. The Balaban J connectivity index is 2.46. The van der Waals surface area contributed by atoms with E-state index in [1.54, 1.807) is 6.07 Å². The van der Waals surface area contributed by atoms with Gasteiger partial charge in [-0.3, -0.25) is 0 Å². The molecule has 2 rings (SSSR count). The first-order valence-electron chi connectivity index (χ1n) is 5.13. The number of rotatable bonds is 3. The zero-order valence-electron chi connectivity index (χ0n) is 9.10. The van der Waals surface area contributed by atoms with Crippen LogP contribution >= 0.6 is 0 Å². The molecule has 0 saturated heterocycles. The van der Waals surface area contributed by atoms with Crippen LogP contribution in [0.3, 0.4) is 0 Å². The van der Waals surface area contributed by atoms with Crippen molar-refractivity contribution < 1.29 is 13.5 Å². The predicted octanol–water partition coefficient (Wildman–Crippen LogP) is 0.786. The zero-order chi connectivity index (χ0) is 12.0. The second kappa shape index (κ2) is 3.46. The lowest BCUT2D eigenvalue weighted by molar-refractivity contribution is 0.457. The normalized spacial score (nSPS) is 18.4. The molecule has 0 atom stereocenters. The topological polar surface area (TPSA) is 80.4 Å². The van der Waals surface area contributed by atoms with E-state index in [0.29, 0.717) is 6.54 Å². The molecule has 4 nitrogen and oxygen atoms in total. The van der Waals surface area contributed by atoms with Gasteiger partial charge in [0, 0.05) is 23.8 Å². The summed E-state index contributed by atoms with van der Waals surface area (Å²) in [5.74, 6) is 0.0332. The van der Waals surface area contributed by atoms with Crippen molar-refractivity contribution in [3.8, 4) is 5.75 Å². The molecule has 0 amide bonds. The third-order valence-electron chi connectivity index (χ3n) is 3.21. The molecule has 88 valence electrons. The lowest BCUT2D eigenvalue weighted by atomic mass is 9.95. The van der Waals surface area contributed by atoms with Gasteiger partial charge in [0.1, 0.15) is 5.75 Å². The van der Waals surface area contributed by atoms with Gasteiger partial charge in [0.2, 0.25) is 0 Å². The van der Waals surface area contributed by atoms with E-state index >= 15 is 0 Å². The third kappa shape index (κ3) is 1.81. The summed E-state index contributed by atoms with van der Waals surface area (Å²) in [4.78, 5) is 0.140. The third-order valence-corrected chi connectivity index (χ3v) is 4.32. The van der Waals surface area contributed by atoms with Crippen LogP contribution in [0.5, 0.6) is 5.75 Å². The van der Waals surface area contributed by atoms with Crippen LogP contribution in [0.1, 0.15) is 18.4 Å². The van der Waals surface area contributed by atoms with Crippen LogP contribution in [0.15, 0.2) is 23.1 Å². The van der Waals surface area contributed by atoms with Crippen molar-refractivity contribution in [2.24, 2.45) is 5.73 Å². The molecule has 0 bridgehead atoms. The van der Waals surface area contributed by atoms with Crippen molar-refractivity contribution in [3.63, 3.8) is 0 Å². The summed E-state index contributed by atoms with van der Waals surface area (Å²) in [7, 11) is -3.27. The molecule has 16 heavy (non-hydrogen) atoms. The van der Waals surface area contributed by atoms with Crippen molar-refractivity contribution >= 4 is 9.84 Å². The number of aromatic hydroxyl groups is 1. The number of phenols is 1. The van der Waals surface area contributed by atoms with Gasteiger partial charge in [0.25, 0.3) is 0 Å². The first-order valence-corrected chi connectivity index (χ1v) is 7.02. The number of sulfone groups is 1. The minimum absolute atomic E-state index is 0.0332. The summed E-state index contributed by atoms with van der Waals surface area (Å²) in [5, 5.41) is 9.84. The SMILES string of the molecule is CS(=O)(=O)c1ccc(C2(CN)CC2)c(O)c1. The molecule has 1 aromatic carbocycles. The Hall–Kier alpha value is -1.07. The predicted molar refractivity (Wildman–Crippen MR) is 61.2 cm³/mol. The van der Waals surface area contributed by atoms with Gasteiger partial charge in [-0.25, -0.2) is 8.42 Å². The highest BCUT2D eigenvalue weighted by atomic mass is 32.2. The Morgan fingerprint density at radius 3 is 2.44 bits per heavy atom. The summed E-state index contributed by atoms with van der Waals surface area (Å²) >= 11 is 0. The van der Waals surface area contributed by atoms with Crippen LogP contribution in [-0.2, 0) is 15.3 Å². The summed E-state index contributed by atoms with van der Waals surface area (Å²) < 4.78 is 22.6. The van der Waals surface area contributed by atoms with E-state index < -0.39 is 9.84 Å². The second-order valence-electron chi connectivity index (χ2n) is 4.44. The van der Waals surface area contributed by atoms with Crippen molar-refractivity contribution in [3.05, 3.63) is 23.8 Å². The Bertz CT molecular complexity index is 518. The number of benzene rings is 1. The highest BCUT2D eigenvalue weighted by Gasteiger charge is 2.44. The quantitative estimate of drug-likeness (QED) is 0.819. The summed E-state index contributed by atoms with van der Waals surface area (Å²) in [6, 6.07) is 4.51. The Labute approximate surface area is 95.0 Å². The maximum Gasteiger partial charge on any atom is 0.175 e. The number of nitrogens with two attached hydrogens (primary N) is 1. The van der Waals surface area contributed by atoms with Crippen molar-refractivity contribution in [1.82, 2.24) is 0 Å². The molecule has 1 aliphatic carbocycles. The molecule has 1 aromatic rings. The van der Waals surface area contributed by atoms with Crippen LogP contribution in [0.4, 0.5) is 0 Å². The molecule has 0 heterocycles. The molecule has 0 radical (unpaired) electrons. The van der Waals surface area contributed by atoms with Gasteiger partial charge in [-0.1, -0.05) is 6.07 Å². The molecule has 1 saturated carbocycles. The van der Waals surface area contributed by atoms with Crippen LogP contribution in [0.25, 0.3) is 0 Å². The van der Waals surface area contributed by atoms with E-state index in [0.717, 1.165) is 24.7 Å². The summed E-state index contributed by atoms with van der Waals surface area (Å²) in [5.41, 5.74) is 6.31. The highest BCUT2D eigenvalue weighted by molar-refractivity contribution is 7.90. The van der Waals surface area contributed by atoms with Crippen LogP contribution in [-0.4, -0.2) is 26.3 Å². The minimum atomic E-state index is -3.27. The highest BCUT2D eigenvalue weighted by Crippen LogP contribution is 2.50. The summed E-state index contributed by atoms with van der Waals surface area (Å²) in [6.45, 7) is 0.485. The van der Waals surface area contributed by atoms with Crippen molar-refractivity contribution in [1.29, 1.82) is 0 Å². The lowest BCUT2D eigenvalue weighted by Crippen LogP contribution is -2.19.